The van der Waals surface area contributed by atoms with E-state index in [2.05, 4.69) is 25.5 Å². The number of benzene rings is 1. The van der Waals surface area contributed by atoms with Gasteiger partial charge in [0.2, 0.25) is 11.9 Å². The van der Waals surface area contributed by atoms with Crippen molar-refractivity contribution in [3.63, 3.8) is 0 Å². The predicted molar refractivity (Wildman–Crippen MR) is 129 cm³/mol. The highest BCUT2D eigenvalue weighted by atomic mass is 16.5. The lowest BCUT2D eigenvalue weighted by Gasteiger charge is -2.37. The summed E-state index contributed by atoms with van der Waals surface area (Å²) < 4.78 is 12.4. The van der Waals surface area contributed by atoms with E-state index in [4.69, 9.17) is 14.5 Å². The molecule has 2 N–H and O–H groups in total. The minimum atomic E-state index is -0.000215. The van der Waals surface area contributed by atoms with E-state index >= 15 is 0 Å². The molecule has 10 heteroatoms. The van der Waals surface area contributed by atoms with E-state index in [0.717, 1.165) is 30.2 Å². The third-order valence-electron chi connectivity index (χ3n) is 5.81. The van der Waals surface area contributed by atoms with E-state index in [1.165, 1.54) is 0 Å². The van der Waals surface area contributed by atoms with Gasteiger partial charge in [0.1, 0.15) is 12.1 Å². The highest BCUT2D eigenvalue weighted by Gasteiger charge is 2.26. The molecule has 180 valence electrons. The minimum absolute atomic E-state index is 0.000215. The zero-order valence-corrected chi connectivity index (χ0v) is 19.8. The van der Waals surface area contributed by atoms with Crippen LogP contribution in [-0.4, -0.2) is 71.9 Å². The number of aromatic nitrogens is 4. The first-order valence-electron chi connectivity index (χ1n) is 11.4. The molecule has 0 saturated carbocycles. The molecule has 1 aliphatic rings. The van der Waals surface area contributed by atoms with Crippen molar-refractivity contribution in [3.8, 4) is 17.4 Å². The van der Waals surface area contributed by atoms with Gasteiger partial charge in [-0.15, -0.1) is 0 Å². The number of anilines is 1. The number of hydrogen-bond acceptors (Lipinski definition) is 8. The first-order valence-corrected chi connectivity index (χ1v) is 11.4. The molecule has 4 rings (SSSR count). The Morgan fingerprint density at radius 3 is 2.82 bits per heavy atom. The summed E-state index contributed by atoms with van der Waals surface area (Å²) in [6.07, 6.45) is 6.28. The number of amides is 1. The highest BCUT2D eigenvalue weighted by Crippen LogP contribution is 2.27. The van der Waals surface area contributed by atoms with Crippen molar-refractivity contribution < 1.29 is 14.3 Å². The molecule has 1 fully saturated rings. The third-order valence-corrected chi connectivity index (χ3v) is 5.81. The zero-order valence-electron chi connectivity index (χ0n) is 19.8. The van der Waals surface area contributed by atoms with Crippen LogP contribution in [0.4, 0.5) is 5.82 Å². The fourth-order valence-electron chi connectivity index (χ4n) is 4.09. The van der Waals surface area contributed by atoms with Crippen molar-refractivity contribution in [2.75, 3.05) is 45.3 Å². The van der Waals surface area contributed by atoms with Crippen LogP contribution >= 0.6 is 0 Å². The molecular weight excluding hydrogens is 434 g/mol. The standard InChI is InChI=1S/C24H31N7O3/c1-17-12-22(29-24(28-17)30-10-8-26-16-30)31-11-9-25-15-19(31)14-23(32)27-7-6-18-4-5-20(33-2)21(13-18)34-3/h4-5,8,10,12-13,16,19,25H,6-7,9,11,14-15H2,1-3H3,(H,27,32). The van der Waals surface area contributed by atoms with Crippen molar-refractivity contribution in [1.29, 1.82) is 0 Å². The number of nitrogens with zero attached hydrogens (tertiary/aromatic N) is 5. The fourth-order valence-corrected chi connectivity index (χ4v) is 4.09. The predicted octanol–water partition coefficient (Wildman–Crippen LogP) is 1.52. The first kappa shape index (κ1) is 23.5. The lowest BCUT2D eigenvalue weighted by Crippen LogP contribution is -2.53. The van der Waals surface area contributed by atoms with Crippen LogP contribution in [0.5, 0.6) is 11.5 Å². The number of piperazine rings is 1. The van der Waals surface area contributed by atoms with Crippen LogP contribution in [0.25, 0.3) is 5.95 Å². The van der Waals surface area contributed by atoms with Gasteiger partial charge in [0.05, 0.1) is 20.3 Å². The van der Waals surface area contributed by atoms with Crippen molar-refractivity contribution in [1.82, 2.24) is 30.2 Å². The van der Waals surface area contributed by atoms with Crippen LogP contribution < -0.4 is 25.0 Å². The monoisotopic (exact) mass is 465 g/mol. The molecule has 1 aliphatic heterocycles. The van der Waals surface area contributed by atoms with E-state index in [0.29, 0.717) is 43.4 Å². The number of aryl methyl sites for hydroxylation is 1. The number of carbonyl (C=O) groups excluding carboxylic acids is 1. The van der Waals surface area contributed by atoms with Gasteiger partial charge in [0.25, 0.3) is 0 Å². The van der Waals surface area contributed by atoms with Crippen LogP contribution in [0.15, 0.2) is 43.0 Å². The number of methoxy groups -OCH3 is 2. The van der Waals surface area contributed by atoms with Gasteiger partial charge < -0.3 is 25.0 Å². The topological polar surface area (TPSA) is 106 Å². The number of nitrogens with one attached hydrogen (secondary N) is 2. The molecule has 1 atom stereocenters. The number of carbonyl (C=O) groups is 1. The summed E-state index contributed by atoms with van der Waals surface area (Å²) in [6, 6.07) is 7.76. The molecule has 3 aromatic rings. The van der Waals surface area contributed by atoms with Gasteiger partial charge in [-0.25, -0.2) is 9.97 Å². The SMILES string of the molecule is COc1ccc(CCNC(=O)CC2CNCCN2c2cc(C)nc(-n3ccnc3)n2)cc1OC. The van der Waals surface area contributed by atoms with Crippen molar-refractivity contribution in [3.05, 3.63) is 54.2 Å². The summed E-state index contributed by atoms with van der Waals surface area (Å²) >= 11 is 0. The number of imidazole rings is 1. The second kappa shape index (κ2) is 11.0. The molecule has 10 nitrogen and oxygen atoms in total. The summed E-state index contributed by atoms with van der Waals surface area (Å²) in [5.41, 5.74) is 1.94. The zero-order chi connectivity index (χ0) is 23.9. The molecule has 1 saturated heterocycles. The average Bonchev–Trinajstić information content (AvgIpc) is 3.39. The van der Waals surface area contributed by atoms with Crippen LogP contribution in [-0.2, 0) is 11.2 Å². The normalized spacial score (nSPS) is 15.7. The molecule has 3 heterocycles. The summed E-state index contributed by atoms with van der Waals surface area (Å²) in [4.78, 5) is 28.3. The number of hydrogen-bond donors (Lipinski definition) is 2. The first-order chi connectivity index (χ1) is 16.6. The number of rotatable bonds is 9. The number of ether oxygens (including phenoxy) is 2. The summed E-state index contributed by atoms with van der Waals surface area (Å²) in [5, 5.41) is 6.45. The Morgan fingerprint density at radius 1 is 1.21 bits per heavy atom. The van der Waals surface area contributed by atoms with Gasteiger partial charge in [-0.2, -0.15) is 4.98 Å². The van der Waals surface area contributed by atoms with E-state index in [-0.39, 0.29) is 11.9 Å². The maximum atomic E-state index is 12.8. The largest absolute Gasteiger partial charge is 0.493 e. The lowest BCUT2D eigenvalue weighted by atomic mass is 10.1. The van der Waals surface area contributed by atoms with Gasteiger partial charge in [-0.3, -0.25) is 9.36 Å². The molecule has 1 aromatic carbocycles. The molecule has 1 amide bonds. The molecule has 0 radical (unpaired) electrons. The molecule has 0 spiro atoms. The van der Waals surface area contributed by atoms with Crippen LogP contribution in [0.2, 0.25) is 0 Å². The van der Waals surface area contributed by atoms with Gasteiger partial charge in [0, 0.05) is 56.8 Å². The second-order valence-electron chi connectivity index (χ2n) is 8.18. The molecule has 2 aromatic heterocycles. The lowest BCUT2D eigenvalue weighted by molar-refractivity contribution is -0.121. The van der Waals surface area contributed by atoms with E-state index in [1.807, 2.05) is 37.4 Å². The Hall–Kier alpha value is -3.66. The summed E-state index contributed by atoms with van der Waals surface area (Å²) in [5.74, 6) is 2.78. The maximum absolute atomic E-state index is 12.8. The van der Waals surface area contributed by atoms with E-state index in [1.54, 1.807) is 31.3 Å². The molecule has 0 bridgehead atoms. The van der Waals surface area contributed by atoms with E-state index in [9.17, 15) is 4.79 Å². The smallest absolute Gasteiger partial charge is 0.237 e. The van der Waals surface area contributed by atoms with Crippen LogP contribution in [0, 0.1) is 6.92 Å². The second-order valence-corrected chi connectivity index (χ2v) is 8.18. The van der Waals surface area contributed by atoms with E-state index < -0.39 is 0 Å². The van der Waals surface area contributed by atoms with Crippen LogP contribution in [0.3, 0.4) is 0 Å². The Kier molecular flexibility index (Phi) is 7.58. The summed E-state index contributed by atoms with van der Waals surface area (Å²) in [6.45, 7) is 4.81. The Morgan fingerprint density at radius 2 is 2.06 bits per heavy atom. The molecular formula is C24H31N7O3. The Bertz CT molecular complexity index is 1100. The van der Waals surface area contributed by atoms with Crippen molar-refractivity contribution in [2.24, 2.45) is 0 Å². The Labute approximate surface area is 199 Å². The molecule has 0 aliphatic carbocycles. The quantitative estimate of drug-likeness (QED) is 0.490. The Balaban J connectivity index is 1.37. The van der Waals surface area contributed by atoms with Gasteiger partial charge >= 0.3 is 0 Å². The van der Waals surface area contributed by atoms with Gasteiger partial charge in [0.15, 0.2) is 11.5 Å². The average molecular weight is 466 g/mol. The highest BCUT2D eigenvalue weighted by molar-refractivity contribution is 5.77. The maximum Gasteiger partial charge on any atom is 0.237 e. The van der Waals surface area contributed by atoms with Crippen molar-refractivity contribution in [2.45, 2.75) is 25.8 Å². The minimum Gasteiger partial charge on any atom is -0.493 e. The van der Waals surface area contributed by atoms with Crippen molar-refractivity contribution >= 4 is 11.7 Å². The van der Waals surface area contributed by atoms with Gasteiger partial charge in [-0.05, 0) is 31.0 Å². The fraction of sp³-hybridized carbons (Fsp3) is 0.417. The molecule has 1 unspecified atom stereocenters. The third kappa shape index (κ3) is 5.63. The summed E-state index contributed by atoms with van der Waals surface area (Å²) in [7, 11) is 3.23. The molecule has 34 heavy (non-hydrogen) atoms. The van der Waals surface area contributed by atoms with Crippen LogP contribution in [0.1, 0.15) is 17.7 Å². The van der Waals surface area contributed by atoms with Gasteiger partial charge in [-0.1, -0.05) is 6.07 Å².